The number of hydrogen-bond donors (Lipinski definition) is 1. The molecule has 0 saturated carbocycles. The second-order valence-corrected chi connectivity index (χ2v) is 6.73. The highest BCUT2D eigenvalue weighted by Crippen LogP contribution is 2.25. The summed E-state index contributed by atoms with van der Waals surface area (Å²) in [6, 6.07) is 3.68. The Labute approximate surface area is 101 Å². The molecule has 0 spiro atoms. The molecular formula is C10H17NO3S2. The van der Waals surface area contributed by atoms with E-state index < -0.39 is 10.0 Å². The van der Waals surface area contributed by atoms with Crippen LogP contribution in [0.25, 0.3) is 0 Å². The van der Waals surface area contributed by atoms with Crippen molar-refractivity contribution < 1.29 is 13.5 Å². The molecule has 1 atom stereocenters. The van der Waals surface area contributed by atoms with Crippen LogP contribution in [-0.2, 0) is 10.0 Å². The summed E-state index contributed by atoms with van der Waals surface area (Å²) < 4.78 is 25.1. The topological polar surface area (TPSA) is 57.6 Å². The van der Waals surface area contributed by atoms with E-state index in [0.29, 0.717) is 0 Å². The number of nitrogens with zero attached hydrogens (tertiary/aromatic N) is 1. The summed E-state index contributed by atoms with van der Waals surface area (Å²) in [5, 5.41) is 10.6. The molecule has 6 heteroatoms. The van der Waals surface area contributed by atoms with Crippen molar-refractivity contribution in [2.75, 3.05) is 19.4 Å². The molecule has 0 aliphatic carbocycles. The smallest absolute Gasteiger partial charge is 0.214 e. The van der Waals surface area contributed by atoms with Gasteiger partial charge in [0.05, 0.1) is 11.8 Å². The first-order chi connectivity index (χ1) is 7.49. The van der Waals surface area contributed by atoms with E-state index in [-0.39, 0.29) is 24.8 Å². The third-order valence-electron chi connectivity index (χ3n) is 2.50. The van der Waals surface area contributed by atoms with Crippen LogP contribution in [0.2, 0.25) is 0 Å². The highest BCUT2D eigenvalue weighted by atomic mass is 32.2. The van der Waals surface area contributed by atoms with Crippen molar-refractivity contribution in [3.63, 3.8) is 0 Å². The zero-order valence-electron chi connectivity index (χ0n) is 9.46. The Balaban J connectivity index is 2.73. The average molecular weight is 263 g/mol. The van der Waals surface area contributed by atoms with Crippen LogP contribution >= 0.6 is 11.3 Å². The number of sulfonamides is 1. The van der Waals surface area contributed by atoms with Gasteiger partial charge in [-0.15, -0.1) is 11.3 Å². The van der Waals surface area contributed by atoms with Crippen LogP contribution < -0.4 is 0 Å². The fourth-order valence-electron chi connectivity index (χ4n) is 1.34. The predicted octanol–water partition coefficient (Wildman–Crippen LogP) is 1.45. The molecule has 92 valence electrons. The lowest BCUT2D eigenvalue weighted by Crippen LogP contribution is -2.31. The number of aliphatic hydroxyl groups is 1. The van der Waals surface area contributed by atoms with Crippen molar-refractivity contribution in [2.45, 2.75) is 19.4 Å². The van der Waals surface area contributed by atoms with Gasteiger partial charge in [0.1, 0.15) is 0 Å². The van der Waals surface area contributed by atoms with Crippen LogP contribution in [0.15, 0.2) is 17.5 Å². The van der Waals surface area contributed by atoms with Crippen LogP contribution in [0.4, 0.5) is 0 Å². The van der Waals surface area contributed by atoms with Crippen molar-refractivity contribution in [1.82, 2.24) is 4.31 Å². The number of thiophene rings is 1. The summed E-state index contributed by atoms with van der Waals surface area (Å²) in [7, 11) is -1.69. The van der Waals surface area contributed by atoms with Gasteiger partial charge < -0.3 is 5.11 Å². The summed E-state index contributed by atoms with van der Waals surface area (Å²) in [6.07, 6.45) is 0.282. The van der Waals surface area contributed by atoms with Crippen LogP contribution in [0.3, 0.4) is 0 Å². The minimum absolute atomic E-state index is 0.00425. The minimum atomic E-state index is -3.27. The van der Waals surface area contributed by atoms with E-state index in [9.17, 15) is 8.42 Å². The van der Waals surface area contributed by atoms with E-state index in [1.54, 1.807) is 18.4 Å². The Kier molecular flexibility index (Phi) is 4.91. The molecule has 16 heavy (non-hydrogen) atoms. The maximum absolute atomic E-state index is 11.8. The van der Waals surface area contributed by atoms with Gasteiger partial charge in [0.15, 0.2) is 0 Å². The van der Waals surface area contributed by atoms with Crippen molar-refractivity contribution in [2.24, 2.45) is 0 Å². The molecule has 1 rings (SSSR count). The SMILES string of the molecule is CC(c1cccs1)N(C)S(=O)(=O)CCCO. The Morgan fingerprint density at radius 1 is 1.56 bits per heavy atom. The van der Waals surface area contributed by atoms with E-state index in [0.717, 1.165) is 4.88 Å². The quantitative estimate of drug-likeness (QED) is 0.845. The lowest BCUT2D eigenvalue weighted by atomic mass is 10.3. The van der Waals surface area contributed by atoms with Crippen LogP contribution in [0.5, 0.6) is 0 Å². The normalized spacial score (nSPS) is 14.2. The Morgan fingerprint density at radius 2 is 2.25 bits per heavy atom. The first-order valence-corrected chi connectivity index (χ1v) is 7.58. The first kappa shape index (κ1) is 13.6. The Hall–Kier alpha value is -0.430. The van der Waals surface area contributed by atoms with Gasteiger partial charge in [0, 0.05) is 18.5 Å². The molecule has 0 fully saturated rings. The highest BCUT2D eigenvalue weighted by molar-refractivity contribution is 7.89. The van der Waals surface area contributed by atoms with Crippen LogP contribution in [0.1, 0.15) is 24.3 Å². The summed E-state index contributed by atoms with van der Waals surface area (Å²) in [4.78, 5) is 1.02. The molecule has 1 aromatic heterocycles. The molecule has 1 N–H and O–H groups in total. The molecule has 0 aliphatic heterocycles. The van der Waals surface area contributed by atoms with E-state index in [1.165, 1.54) is 4.31 Å². The van der Waals surface area contributed by atoms with Crippen LogP contribution in [0, 0.1) is 0 Å². The molecule has 0 amide bonds. The first-order valence-electron chi connectivity index (χ1n) is 5.09. The van der Waals surface area contributed by atoms with E-state index in [1.807, 2.05) is 24.4 Å². The fourth-order valence-corrected chi connectivity index (χ4v) is 3.61. The molecule has 0 saturated heterocycles. The zero-order valence-corrected chi connectivity index (χ0v) is 11.1. The standard InChI is InChI=1S/C10H17NO3S2/c1-9(10-5-3-7-15-10)11(2)16(13,14)8-4-6-12/h3,5,7,9,12H,4,6,8H2,1-2H3. The Bertz CT molecular complexity index is 400. The molecule has 1 aromatic rings. The van der Waals surface area contributed by atoms with Crippen LogP contribution in [-0.4, -0.2) is 37.2 Å². The van der Waals surface area contributed by atoms with Gasteiger partial charge in [-0.25, -0.2) is 8.42 Å². The van der Waals surface area contributed by atoms with E-state index in [2.05, 4.69) is 0 Å². The molecule has 1 unspecified atom stereocenters. The van der Waals surface area contributed by atoms with E-state index >= 15 is 0 Å². The second-order valence-electron chi connectivity index (χ2n) is 3.60. The van der Waals surface area contributed by atoms with Gasteiger partial charge in [-0.05, 0) is 24.8 Å². The second kappa shape index (κ2) is 5.77. The molecule has 1 heterocycles. The van der Waals surface area contributed by atoms with Crippen molar-refractivity contribution in [3.05, 3.63) is 22.4 Å². The third-order valence-corrected chi connectivity index (χ3v) is 5.54. The minimum Gasteiger partial charge on any atom is -0.396 e. The molecule has 0 bridgehead atoms. The van der Waals surface area contributed by atoms with Crippen molar-refractivity contribution in [3.8, 4) is 0 Å². The molecule has 0 radical (unpaired) electrons. The van der Waals surface area contributed by atoms with Crippen molar-refractivity contribution in [1.29, 1.82) is 0 Å². The summed E-state index contributed by atoms with van der Waals surface area (Å²) in [5.41, 5.74) is 0. The van der Waals surface area contributed by atoms with Gasteiger partial charge in [-0.1, -0.05) is 6.07 Å². The van der Waals surface area contributed by atoms with Gasteiger partial charge in [0.2, 0.25) is 10.0 Å². The number of rotatable bonds is 6. The maximum atomic E-state index is 11.8. The highest BCUT2D eigenvalue weighted by Gasteiger charge is 2.24. The molecule has 0 aliphatic rings. The monoisotopic (exact) mass is 263 g/mol. The van der Waals surface area contributed by atoms with Gasteiger partial charge >= 0.3 is 0 Å². The third kappa shape index (κ3) is 3.28. The summed E-state index contributed by atoms with van der Waals surface area (Å²) >= 11 is 1.54. The average Bonchev–Trinajstić information content (AvgIpc) is 2.77. The molecule has 4 nitrogen and oxygen atoms in total. The maximum Gasteiger partial charge on any atom is 0.214 e. The fraction of sp³-hybridized carbons (Fsp3) is 0.600. The van der Waals surface area contributed by atoms with Crippen molar-refractivity contribution >= 4 is 21.4 Å². The molecular weight excluding hydrogens is 246 g/mol. The Morgan fingerprint density at radius 3 is 2.75 bits per heavy atom. The predicted molar refractivity (Wildman–Crippen MR) is 66.0 cm³/mol. The molecule has 0 aromatic carbocycles. The lowest BCUT2D eigenvalue weighted by Gasteiger charge is -2.23. The number of hydrogen-bond acceptors (Lipinski definition) is 4. The largest absolute Gasteiger partial charge is 0.396 e. The van der Waals surface area contributed by atoms with Gasteiger partial charge in [0.25, 0.3) is 0 Å². The van der Waals surface area contributed by atoms with Gasteiger partial charge in [-0.3, -0.25) is 0 Å². The number of aliphatic hydroxyl groups excluding tert-OH is 1. The lowest BCUT2D eigenvalue weighted by molar-refractivity contribution is 0.293. The zero-order chi connectivity index (χ0) is 12.2. The van der Waals surface area contributed by atoms with E-state index in [4.69, 9.17) is 5.11 Å². The summed E-state index contributed by atoms with van der Waals surface area (Å²) in [6.45, 7) is 1.77. The van der Waals surface area contributed by atoms with Gasteiger partial charge in [-0.2, -0.15) is 4.31 Å². The summed E-state index contributed by atoms with van der Waals surface area (Å²) in [5.74, 6) is -0.00425.